The van der Waals surface area contributed by atoms with E-state index in [1.165, 1.54) is 0 Å². The third kappa shape index (κ3) is 3.65. The molecule has 0 aliphatic carbocycles. The first-order chi connectivity index (χ1) is 10.2. The lowest BCUT2D eigenvalue weighted by atomic mass is 9.85. The van der Waals surface area contributed by atoms with Gasteiger partial charge in [-0.25, -0.2) is 9.97 Å². The molecule has 0 aliphatic rings. The van der Waals surface area contributed by atoms with E-state index in [0.717, 1.165) is 11.1 Å². The van der Waals surface area contributed by atoms with Crippen molar-refractivity contribution < 1.29 is 10.0 Å². The number of hydrogen-bond donors (Lipinski definition) is 2. The second kappa shape index (κ2) is 6.97. The summed E-state index contributed by atoms with van der Waals surface area (Å²) >= 11 is 0. The molecule has 21 heavy (non-hydrogen) atoms. The first kappa shape index (κ1) is 15.2. The lowest BCUT2D eigenvalue weighted by Gasteiger charge is -2.08. The van der Waals surface area contributed by atoms with Crippen LogP contribution in [0.15, 0.2) is 54.6 Å². The minimum absolute atomic E-state index is 0.183. The van der Waals surface area contributed by atoms with E-state index in [0.29, 0.717) is 11.5 Å². The van der Waals surface area contributed by atoms with Crippen molar-refractivity contribution in [3.8, 4) is 11.3 Å². The quantitative estimate of drug-likeness (QED) is 0.662. The highest BCUT2D eigenvalue weighted by molar-refractivity contribution is 6.57. The Labute approximate surface area is 124 Å². The molecule has 0 aliphatic heterocycles. The second-order valence-corrected chi connectivity index (χ2v) is 4.49. The summed E-state index contributed by atoms with van der Waals surface area (Å²) in [5, 5.41) is 18.9. The molecule has 1 heterocycles. The number of hydrogen-bond acceptors (Lipinski definition) is 4. The van der Waals surface area contributed by atoms with Crippen LogP contribution in [-0.4, -0.2) is 27.1 Å². The van der Waals surface area contributed by atoms with E-state index >= 15 is 0 Å². The SMILES string of the molecule is C/C=C\C(=C/C)c1nc(B(O)O)cc(-c2ccccc2)n1. The van der Waals surface area contributed by atoms with E-state index in [-0.39, 0.29) is 5.59 Å². The van der Waals surface area contributed by atoms with Gasteiger partial charge in [0.25, 0.3) is 0 Å². The molecule has 0 spiro atoms. The Kier molecular flexibility index (Phi) is 5.03. The van der Waals surface area contributed by atoms with E-state index in [2.05, 4.69) is 9.97 Å². The monoisotopic (exact) mass is 280 g/mol. The van der Waals surface area contributed by atoms with E-state index in [1.54, 1.807) is 6.07 Å². The Balaban J connectivity index is 2.59. The van der Waals surface area contributed by atoms with Gasteiger partial charge in [-0.1, -0.05) is 48.6 Å². The van der Waals surface area contributed by atoms with Gasteiger partial charge >= 0.3 is 7.12 Å². The van der Waals surface area contributed by atoms with Gasteiger partial charge in [-0.3, -0.25) is 0 Å². The summed E-state index contributed by atoms with van der Waals surface area (Å²) in [5.41, 5.74) is 2.58. The summed E-state index contributed by atoms with van der Waals surface area (Å²) in [7, 11) is -1.63. The average molecular weight is 280 g/mol. The largest absolute Gasteiger partial charge is 0.508 e. The maximum atomic E-state index is 9.43. The average Bonchev–Trinajstić information content (AvgIpc) is 2.53. The molecule has 106 valence electrons. The van der Waals surface area contributed by atoms with Crippen molar-refractivity contribution in [1.29, 1.82) is 0 Å². The molecular formula is C16H17BN2O2. The predicted octanol–water partition coefficient (Wildman–Crippen LogP) is 1.80. The van der Waals surface area contributed by atoms with Gasteiger partial charge in [0.05, 0.1) is 11.3 Å². The molecule has 0 fully saturated rings. The van der Waals surface area contributed by atoms with Crippen molar-refractivity contribution in [2.75, 3.05) is 0 Å². The zero-order valence-electron chi connectivity index (χ0n) is 12.1. The van der Waals surface area contributed by atoms with Crippen LogP contribution in [0.5, 0.6) is 0 Å². The Morgan fingerprint density at radius 2 is 1.81 bits per heavy atom. The summed E-state index contributed by atoms with van der Waals surface area (Å²) in [6.07, 6.45) is 5.66. The second-order valence-electron chi connectivity index (χ2n) is 4.49. The van der Waals surface area contributed by atoms with Crippen molar-refractivity contribution in [2.24, 2.45) is 0 Å². The van der Waals surface area contributed by atoms with Crippen LogP contribution in [0.4, 0.5) is 0 Å². The molecule has 0 saturated heterocycles. The van der Waals surface area contributed by atoms with Crippen LogP contribution in [0.2, 0.25) is 0 Å². The standard InChI is InChI=1S/C16H17BN2O2/c1-3-8-12(4-2)16-18-14(11-15(19-16)17(20)21)13-9-6-5-7-10-13/h3-11,20-21H,1-2H3/b8-3-,12-4+. The predicted molar refractivity (Wildman–Crippen MR) is 85.8 cm³/mol. The zero-order chi connectivity index (χ0) is 15.2. The number of aromatic nitrogens is 2. The van der Waals surface area contributed by atoms with Gasteiger partial charge in [-0.15, -0.1) is 0 Å². The molecule has 2 N–H and O–H groups in total. The van der Waals surface area contributed by atoms with Gasteiger partial charge in [-0.2, -0.15) is 0 Å². The molecule has 0 radical (unpaired) electrons. The Morgan fingerprint density at radius 1 is 1.10 bits per heavy atom. The van der Waals surface area contributed by atoms with Crippen LogP contribution in [0.1, 0.15) is 19.7 Å². The van der Waals surface area contributed by atoms with Crippen LogP contribution in [0.3, 0.4) is 0 Å². The van der Waals surface area contributed by atoms with E-state index in [4.69, 9.17) is 0 Å². The lowest BCUT2D eigenvalue weighted by molar-refractivity contribution is 0.424. The molecule has 1 aromatic carbocycles. The lowest BCUT2D eigenvalue weighted by Crippen LogP contribution is -2.34. The van der Waals surface area contributed by atoms with Gasteiger partial charge in [0.15, 0.2) is 5.82 Å². The molecule has 0 amide bonds. The highest BCUT2D eigenvalue weighted by Crippen LogP contribution is 2.18. The molecular weight excluding hydrogens is 263 g/mol. The van der Waals surface area contributed by atoms with Gasteiger partial charge in [-0.05, 0) is 19.9 Å². The van der Waals surface area contributed by atoms with Crippen LogP contribution < -0.4 is 5.59 Å². The van der Waals surface area contributed by atoms with Crippen molar-refractivity contribution in [3.63, 3.8) is 0 Å². The fourth-order valence-electron chi connectivity index (χ4n) is 1.96. The van der Waals surface area contributed by atoms with Crippen LogP contribution in [0.25, 0.3) is 16.8 Å². The molecule has 0 atom stereocenters. The maximum Gasteiger partial charge on any atom is 0.508 e. The third-order valence-electron chi connectivity index (χ3n) is 3.00. The third-order valence-corrected chi connectivity index (χ3v) is 3.00. The van der Waals surface area contributed by atoms with Crippen LogP contribution >= 0.6 is 0 Å². The first-order valence-corrected chi connectivity index (χ1v) is 6.75. The molecule has 1 aromatic heterocycles. The van der Waals surface area contributed by atoms with Gasteiger partial charge < -0.3 is 10.0 Å². The molecule has 2 rings (SSSR count). The molecule has 0 saturated carbocycles. The Hall–Kier alpha value is -2.24. The van der Waals surface area contributed by atoms with Gasteiger partial charge in [0, 0.05) is 11.1 Å². The minimum atomic E-state index is -1.63. The topological polar surface area (TPSA) is 66.2 Å². The summed E-state index contributed by atoms with van der Waals surface area (Å²) in [6.45, 7) is 3.80. The molecule has 4 nitrogen and oxygen atoms in total. The van der Waals surface area contributed by atoms with Crippen molar-refractivity contribution in [1.82, 2.24) is 9.97 Å². The summed E-state index contributed by atoms with van der Waals surface area (Å²) in [4.78, 5) is 8.74. The summed E-state index contributed by atoms with van der Waals surface area (Å²) < 4.78 is 0. The fraction of sp³-hybridized carbons (Fsp3) is 0.125. The number of benzene rings is 1. The smallest absolute Gasteiger partial charge is 0.422 e. The van der Waals surface area contributed by atoms with Gasteiger partial charge in [0.2, 0.25) is 0 Å². The molecule has 5 heteroatoms. The van der Waals surface area contributed by atoms with E-state index < -0.39 is 7.12 Å². The minimum Gasteiger partial charge on any atom is -0.422 e. The number of rotatable bonds is 4. The molecule has 0 bridgehead atoms. The van der Waals surface area contributed by atoms with Crippen molar-refractivity contribution in [2.45, 2.75) is 13.8 Å². The summed E-state index contributed by atoms with van der Waals surface area (Å²) in [5.74, 6) is 0.472. The van der Waals surface area contributed by atoms with E-state index in [9.17, 15) is 10.0 Å². The van der Waals surface area contributed by atoms with E-state index in [1.807, 2.05) is 62.4 Å². The highest BCUT2D eigenvalue weighted by atomic mass is 16.4. The van der Waals surface area contributed by atoms with Crippen LogP contribution in [-0.2, 0) is 0 Å². The Morgan fingerprint density at radius 3 is 2.38 bits per heavy atom. The Bertz CT molecular complexity index is 667. The number of nitrogens with zero attached hydrogens (tertiary/aromatic N) is 2. The zero-order valence-corrected chi connectivity index (χ0v) is 12.1. The summed E-state index contributed by atoms with van der Waals surface area (Å²) in [6, 6.07) is 11.2. The first-order valence-electron chi connectivity index (χ1n) is 6.75. The van der Waals surface area contributed by atoms with Crippen molar-refractivity contribution in [3.05, 3.63) is 60.5 Å². The molecule has 0 unspecified atom stereocenters. The van der Waals surface area contributed by atoms with Gasteiger partial charge in [0.1, 0.15) is 0 Å². The van der Waals surface area contributed by atoms with Crippen molar-refractivity contribution >= 4 is 18.3 Å². The fourth-order valence-corrected chi connectivity index (χ4v) is 1.96. The highest BCUT2D eigenvalue weighted by Gasteiger charge is 2.17. The molecule has 2 aromatic rings. The number of allylic oxidation sites excluding steroid dienone is 4. The maximum absolute atomic E-state index is 9.43. The normalized spacial score (nSPS) is 11.9. The van der Waals surface area contributed by atoms with Crippen LogP contribution in [0, 0.1) is 0 Å².